The zero-order valence-corrected chi connectivity index (χ0v) is 19.3. The molecule has 0 spiro atoms. The van der Waals surface area contributed by atoms with Crippen molar-refractivity contribution in [1.82, 2.24) is 29.5 Å². The number of piperazine rings is 1. The SMILES string of the molecule is O=C(CC1=CSC2=NCCN12)N1CCN(c2ncnc3c2cnn3-c2cccc(Cl)c2)CC1. The van der Waals surface area contributed by atoms with E-state index >= 15 is 0 Å². The Labute approximate surface area is 199 Å². The van der Waals surface area contributed by atoms with Crippen LogP contribution in [0.2, 0.25) is 5.02 Å². The summed E-state index contributed by atoms with van der Waals surface area (Å²) in [6.45, 7) is 4.44. The van der Waals surface area contributed by atoms with E-state index in [4.69, 9.17) is 11.6 Å². The van der Waals surface area contributed by atoms with Gasteiger partial charge in [-0.1, -0.05) is 29.4 Å². The second kappa shape index (κ2) is 8.35. The fourth-order valence-corrected chi connectivity index (χ4v) is 5.57. The minimum Gasteiger partial charge on any atom is -0.352 e. The number of carbonyl (C=O) groups excluding carboxylic acids is 1. The molecule has 2 aromatic heterocycles. The maximum Gasteiger partial charge on any atom is 0.228 e. The van der Waals surface area contributed by atoms with Crippen molar-refractivity contribution >= 4 is 51.3 Å². The van der Waals surface area contributed by atoms with E-state index < -0.39 is 0 Å². The monoisotopic (exact) mass is 480 g/mol. The number of aromatic nitrogens is 4. The lowest BCUT2D eigenvalue weighted by Gasteiger charge is -2.35. The Morgan fingerprint density at radius 2 is 2.00 bits per heavy atom. The molecule has 0 atom stereocenters. The van der Waals surface area contributed by atoms with Crippen LogP contribution in [0.1, 0.15) is 6.42 Å². The second-order valence-corrected chi connectivity index (χ2v) is 9.33. The molecule has 33 heavy (non-hydrogen) atoms. The van der Waals surface area contributed by atoms with Gasteiger partial charge in [-0.05, 0) is 23.6 Å². The van der Waals surface area contributed by atoms with Crippen LogP contribution in [0.4, 0.5) is 5.82 Å². The highest BCUT2D eigenvalue weighted by Gasteiger charge is 2.30. The largest absolute Gasteiger partial charge is 0.352 e. The molecular weight excluding hydrogens is 460 g/mol. The van der Waals surface area contributed by atoms with E-state index in [1.807, 2.05) is 29.2 Å². The molecule has 9 nitrogen and oxygen atoms in total. The molecule has 168 valence electrons. The molecule has 1 fully saturated rings. The molecule has 0 unspecified atom stereocenters. The summed E-state index contributed by atoms with van der Waals surface area (Å²) in [5.41, 5.74) is 2.65. The number of hydrogen-bond donors (Lipinski definition) is 0. The summed E-state index contributed by atoms with van der Waals surface area (Å²) in [6, 6.07) is 7.52. The molecule has 5 heterocycles. The molecule has 3 aromatic rings. The molecule has 1 saturated heterocycles. The highest BCUT2D eigenvalue weighted by Crippen LogP contribution is 2.31. The number of fused-ring (bicyclic) bond motifs is 2. The number of halogens is 1. The molecule has 3 aliphatic rings. The number of nitrogens with zero attached hydrogens (tertiary/aromatic N) is 8. The van der Waals surface area contributed by atoms with Crippen molar-refractivity contribution in [3.8, 4) is 5.69 Å². The normalized spacial score (nSPS) is 18.0. The van der Waals surface area contributed by atoms with Crippen LogP contribution in [0, 0.1) is 0 Å². The highest BCUT2D eigenvalue weighted by molar-refractivity contribution is 8.16. The van der Waals surface area contributed by atoms with Crippen LogP contribution in [0.3, 0.4) is 0 Å². The molecule has 1 aromatic carbocycles. The van der Waals surface area contributed by atoms with E-state index in [-0.39, 0.29) is 5.91 Å². The lowest BCUT2D eigenvalue weighted by Crippen LogP contribution is -2.49. The van der Waals surface area contributed by atoms with Crippen molar-refractivity contribution in [2.45, 2.75) is 6.42 Å². The predicted octanol–water partition coefficient (Wildman–Crippen LogP) is 2.77. The number of aliphatic imine (C=N–C) groups is 1. The first kappa shape index (κ1) is 20.5. The molecule has 0 bridgehead atoms. The van der Waals surface area contributed by atoms with E-state index in [2.05, 4.69) is 35.3 Å². The summed E-state index contributed by atoms with van der Waals surface area (Å²) in [7, 11) is 0. The number of amidine groups is 1. The minimum absolute atomic E-state index is 0.163. The molecule has 1 amide bonds. The van der Waals surface area contributed by atoms with Crippen molar-refractivity contribution < 1.29 is 4.79 Å². The third-order valence-corrected chi connectivity index (χ3v) is 7.30. The Hall–Kier alpha value is -3.11. The van der Waals surface area contributed by atoms with E-state index in [1.165, 1.54) is 0 Å². The average Bonchev–Trinajstić information content (AvgIpc) is 3.56. The van der Waals surface area contributed by atoms with Gasteiger partial charge >= 0.3 is 0 Å². The minimum atomic E-state index is 0.163. The van der Waals surface area contributed by atoms with Gasteiger partial charge in [-0.3, -0.25) is 9.79 Å². The summed E-state index contributed by atoms with van der Waals surface area (Å²) in [5, 5.41) is 9.14. The lowest BCUT2D eigenvalue weighted by atomic mass is 10.2. The number of hydrogen-bond acceptors (Lipinski definition) is 8. The van der Waals surface area contributed by atoms with E-state index in [9.17, 15) is 4.79 Å². The Morgan fingerprint density at radius 3 is 2.85 bits per heavy atom. The second-order valence-electron chi connectivity index (χ2n) is 8.06. The van der Waals surface area contributed by atoms with Crippen molar-refractivity contribution in [3.05, 3.63) is 52.9 Å². The van der Waals surface area contributed by atoms with Crippen molar-refractivity contribution in [3.63, 3.8) is 0 Å². The molecule has 0 aliphatic carbocycles. The van der Waals surface area contributed by atoms with Gasteiger partial charge in [-0.2, -0.15) is 5.10 Å². The summed E-state index contributed by atoms with van der Waals surface area (Å²) >= 11 is 7.77. The highest BCUT2D eigenvalue weighted by atomic mass is 35.5. The van der Waals surface area contributed by atoms with Crippen molar-refractivity contribution in [2.75, 3.05) is 44.2 Å². The van der Waals surface area contributed by atoms with E-state index in [0.717, 1.165) is 46.5 Å². The summed E-state index contributed by atoms with van der Waals surface area (Å²) in [4.78, 5) is 32.7. The first-order chi connectivity index (χ1) is 16.2. The van der Waals surface area contributed by atoms with Gasteiger partial charge in [0.1, 0.15) is 12.1 Å². The van der Waals surface area contributed by atoms with Gasteiger partial charge in [-0.25, -0.2) is 14.6 Å². The topological polar surface area (TPSA) is 82.8 Å². The van der Waals surface area contributed by atoms with Crippen LogP contribution in [-0.2, 0) is 4.79 Å². The maximum atomic E-state index is 12.9. The van der Waals surface area contributed by atoms with Gasteiger partial charge < -0.3 is 14.7 Å². The summed E-state index contributed by atoms with van der Waals surface area (Å²) in [6.07, 6.45) is 3.79. The number of carbonyl (C=O) groups is 1. The van der Waals surface area contributed by atoms with E-state index in [1.54, 1.807) is 29.0 Å². The third-order valence-electron chi connectivity index (χ3n) is 6.11. The first-order valence-corrected chi connectivity index (χ1v) is 12.1. The smallest absolute Gasteiger partial charge is 0.228 e. The van der Waals surface area contributed by atoms with Gasteiger partial charge in [0.2, 0.25) is 5.91 Å². The molecule has 6 rings (SSSR count). The molecule has 0 N–H and O–H groups in total. The summed E-state index contributed by atoms with van der Waals surface area (Å²) in [5.74, 6) is 1.00. The number of anilines is 1. The Morgan fingerprint density at radius 1 is 1.12 bits per heavy atom. The standard InChI is InChI=1S/C22H21ClN8OS/c23-15-2-1-3-16(10-15)31-21-18(12-27-31)20(25-14-26-21)29-8-6-28(7-9-29)19(32)11-17-13-33-22-24-4-5-30(17)22/h1-3,10,12-14H,4-9,11H2. The van der Waals surface area contributed by atoms with Crippen LogP contribution in [0.5, 0.6) is 0 Å². The molecule has 0 radical (unpaired) electrons. The summed E-state index contributed by atoms with van der Waals surface area (Å²) < 4.78 is 1.77. The Kier molecular flexibility index (Phi) is 5.18. The van der Waals surface area contributed by atoms with E-state index in [0.29, 0.717) is 37.6 Å². The zero-order chi connectivity index (χ0) is 22.4. The number of thioether (sulfide) groups is 1. The van der Waals surface area contributed by atoms with Crippen LogP contribution >= 0.6 is 23.4 Å². The average molecular weight is 481 g/mol. The quantitative estimate of drug-likeness (QED) is 0.567. The van der Waals surface area contributed by atoms with Crippen molar-refractivity contribution in [1.29, 1.82) is 0 Å². The first-order valence-electron chi connectivity index (χ1n) is 10.8. The Bertz CT molecular complexity index is 1300. The molecule has 0 saturated carbocycles. The molecule has 3 aliphatic heterocycles. The Balaban J connectivity index is 1.16. The third kappa shape index (κ3) is 3.72. The van der Waals surface area contributed by atoms with Gasteiger partial charge in [0.15, 0.2) is 10.8 Å². The van der Waals surface area contributed by atoms with Gasteiger partial charge in [-0.15, -0.1) is 0 Å². The zero-order valence-electron chi connectivity index (χ0n) is 17.8. The van der Waals surface area contributed by atoms with Crippen LogP contribution in [-0.4, -0.2) is 79.9 Å². The van der Waals surface area contributed by atoms with Gasteiger partial charge in [0, 0.05) is 43.4 Å². The fraction of sp³-hybridized carbons (Fsp3) is 0.318. The number of rotatable bonds is 4. The number of amides is 1. The number of benzene rings is 1. The van der Waals surface area contributed by atoms with Crippen LogP contribution in [0.15, 0.2) is 52.9 Å². The van der Waals surface area contributed by atoms with Crippen LogP contribution < -0.4 is 4.90 Å². The molecule has 11 heteroatoms. The van der Waals surface area contributed by atoms with Gasteiger partial charge in [0.25, 0.3) is 0 Å². The molecular formula is C22H21ClN8OS. The fourth-order valence-electron chi connectivity index (χ4n) is 4.43. The van der Waals surface area contributed by atoms with Gasteiger partial charge in [0.05, 0.1) is 30.2 Å². The predicted molar refractivity (Wildman–Crippen MR) is 130 cm³/mol. The lowest BCUT2D eigenvalue weighted by molar-refractivity contribution is -0.130. The van der Waals surface area contributed by atoms with Crippen LogP contribution in [0.25, 0.3) is 16.7 Å². The van der Waals surface area contributed by atoms with Crippen molar-refractivity contribution in [2.24, 2.45) is 4.99 Å². The maximum absolute atomic E-state index is 12.9.